The lowest BCUT2D eigenvalue weighted by molar-refractivity contribution is -0.129. The van der Waals surface area contributed by atoms with E-state index in [1.54, 1.807) is 24.4 Å². The second-order valence-corrected chi connectivity index (χ2v) is 7.78. The van der Waals surface area contributed by atoms with Gasteiger partial charge in [0.15, 0.2) is 5.58 Å². The molecular formula is C21H18BrN5O4. The van der Waals surface area contributed by atoms with Gasteiger partial charge in [0, 0.05) is 17.6 Å². The first-order valence-corrected chi connectivity index (χ1v) is 10.1. The fourth-order valence-electron chi connectivity index (χ4n) is 3.11. The molecule has 4 rings (SSSR count). The van der Waals surface area contributed by atoms with Crippen LogP contribution in [0.1, 0.15) is 16.7 Å². The van der Waals surface area contributed by atoms with Gasteiger partial charge < -0.3 is 19.9 Å². The molecule has 2 aromatic carbocycles. The van der Waals surface area contributed by atoms with Crippen LogP contribution in [0.5, 0.6) is 0 Å². The van der Waals surface area contributed by atoms with Gasteiger partial charge in [-0.25, -0.2) is 9.78 Å². The number of anilines is 4. The standard InChI is InChI=1S/C21H18BrN5O4/c1-11-6-15(7-12(2)13(11)3)25-20-23-9-16(22)19(26-20)24-14-4-5-18-17(8-14)27(30-10-28)21(29)31-18/h4-10H,1-3H3,(H2,23,24,25,26). The number of carbonyl (C=O) groups excluding carboxylic acids is 1. The molecule has 2 aromatic heterocycles. The number of rotatable bonds is 6. The van der Waals surface area contributed by atoms with Crippen LogP contribution in [-0.2, 0) is 4.79 Å². The van der Waals surface area contributed by atoms with E-state index in [4.69, 9.17) is 4.42 Å². The predicted molar refractivity (Wildman–Crippen MR) is 120 cm³/mol. The minimum absolute atomic E-state index is 0.157. The summed E-state index contributed by atoms with van der Waals surface area (Å²) in [7, 11) is 0. The van der Waals surface area contributed by atoms with E-state index in [0.717, 1.165) is 10.4 Å². The molecule has 0 aliphatic rings. The molecular weight excluding hydrogens is 466 g/mol. The maximum atomic E-state index is 11.8. The van der Waals surface area contributed by atoms with Gasteiger partial charge in [-0.3, -0.25) is 4.79 Å². The third-order valence-corrected chi connectivity index (χ3v) is 5.46. The van der Waals surface area contributed by atoms with E-state index in [9.17, 15) is 9.59 Å². The van der Waals surface area contributed by atoms with Gasteiger partial charge in [0.05, 0.1) is 4.47 Å². The van der Waals surface area contributed by atoms with Crippen molar-refractivity contribution in [3.05, 3.63) is 68.2 Å². The van der Waals surface area contributed by atoms with Crippen LogP contribution in [0.25, 0.3) is 11.1 Å². The summed E-state index contributed by atoms with van der Waals surface area (Å²) in [6.45, 7) is 6.36. The molecule has 9 nitrogen and oxygen atoms in total. The second-order valence-electron chi connectivity index (χ2n) is 6.92. The molecule has 10 heteroatoms. The number of nitrogens with one attached hydrogen (secondary N) is 2. The molecule has 2 N–H and O–H groups in total. The van der Waals surface area contributed by atoms with Crippen molar-refractivity contribution in [3.8, 4) is 0 Å². The summed E-state index contributed by atoms with van der Waals surface area (Å²) in [5, 5.41) is 6.38. The number of aromatic nitrogens is 3. The molecule has 2 heterocycles. The molecule has 0 fully saturated rings. The van der Waals surface area contributed by atoms with Crippen molar-refractivity contribution in [1.29, 1.82) is 0 Å². The molecule has 0 radical (unpaired) electrons. The third-order valence-electron chi connectivity index (χ3n) is 4.88. The largest absolute Gasteiger partial charge is 0.453 e. The Morgan fingerprint density at radius 1 is 1.10 bits per heavy atom. The summed E-state index contributed by atoms with van der Waals surface area (Å²) in [4.78, 5) is 36.0. The molecule has 0 atom stereocenters. The Morgan fingerprint density at radius 3 is 2.55 bits per heavy atom. The topological polar surface area (TPSA) is 111 Å². The van der Waals surface area contributed by atoms with Gasteiger partial charge in [-0.1, -0.05) is 4.73 Å². The summed E-state index contributed by atoms with van der Waals surface area (Å²) in [5.74, 6) is 0.127. The van der Waals surface area contributed by atoms with Crippen molar-refractivity contribution in [2.45, 2.75) is 20.8 Å². The summed E-state index contributed by atoms with van der Waals surface area (Å²) in [6.07, 6.45) is 1.63. The highest BCUT2D eigenvalue weighted by Gasteiger charge is 2.13. The Hall–Kier alpha value is -3.66. The fraction of sp³-hybridized carbons (Fsp3) is 0.143. The number of nitrogens with zero attached hydrogens (tertiary/aromatic N) is 3. The molecule has 158 valence electrons. The summed E-state index contributed by atoms with van der Waals surface area (Å²) in [5.41, 5.74) is 5.68. The zero-order chi connectivity index (χ0) is 22.1. The van der Waals surface area contributed by atoms with E-state index in [2.05, 4.69) is 62.1 Å². The minimum Gasteiger partial charge on any atom is -0.405 e. The van der Waals surface area contributed by atoms with Crippen LogP contribution in [0.4, 0.5) is 23.1 Å². The van der Waals surface area contributed by atoms with Gasteiger partial charge in [0.2, 0.25) is 5.95 Å². The summed E-state index contributed by atoms with van der Waals surface area (Å²) in [6, 6.07) is 9.00. The third kappa shape index (κ3) is 4.15. The van der Waals surface area contributed by atoms with Crippen LogP contribution in [0.15, 0.2) is 50.2 Å². The first-order chi connectivity index (χ1) is 14.9. The van der Waals surface area contributed by atoms with Gasteiger partial charge in [-0.05, 0) is 83.7 Å². The Labute approximate surface area is 185 Å². The number of carbonyl (C=O) groups is 1. The van der Waals surface area contributed by atoms with Gasteiger partial charge in [-0.15, -0.1) is 0 Å². The normalized spacial score (nSPS) is 10.8. The lowest BCUT2D eigenvalue weighted by Crippen LogP contribution is -2.21. The first-order valence-electron chi connectivity index (χ1n) is 9.26. The maximum Gasteiger partial charge on any atom is 0.453 e. The fourth-order valence-corrected chi connectivity index (χ4v) is 3.40. The molecule has 0 spiro atoms. The van der Waals surface area contributed by atoms with Gasteiger partial charge in [0.25, 0.3) is 0 Å². The first kappa shape index (κ1) is 20.6. The van der Waals surface area contributed by atoms with E-state index < -0.39 is 5.76 Å². The lowest BCUT2D eigenvalue weighted by Gasteiger charge is -2.12. The minimum atomic E-state index is -0.794. The molecule has 4 aromatic rings. The highest BCUT2D eigenvalue weighted by atomic mass is 79.9. The SMILES string of the molecule is Cc1cc(Nc2ncc(Br)c(Nc3ccc4oc(=O)n(OC=O)c4c3)n2)cc(C)c1C. The van der Waals surface area contributed by atoms with E-state index >= 15 is 0 Å². The molecule has 0 saturated heterocycles. The molecule has 0 aliphatic heterocycles. The Bertz CT molecular complexity index is 1340. The molecule has 31 heavy (non-hydrogen) atoms. The number of benzene rings is 2. The second kappa shape index (κ2) is 8.23. The zero-order valence-electron chi connectivity index (χ0n) is 16.9. The van der Waals surface area contributed by atoms with Crippen molar-refractivity contribution < 1.29 is 14.0 Å². The van der Waals surface area contributed by atoms with Crippen molar-refractivity contribution in [2.24, 2.45) is 0 Å². The Balaban J connectivity index is 1.64. The Morgan fingerprint density at radius 2 is 1.84 bits per heavy atom. The zero-order valence-corrected chi connectivity index (χ0v) is 18.5. The van der Waals surface area contributed by atoms with E-state index in [1.165, 1.54) is 16.7 Å². The van der Waals surface area contributed by atoms with Crippen molar-refractivity contribution in [2.75, 3.05) is 10.6 Å². The number of hydrogen-bond acceptors (Lipinski definition) is 8. The summed E-state index contributed by atoms with van der Waals surface area (Å²) < 4.78 is 6.46. The summed E-state index contributed by atoms with van der Waals surface area (Å²) >= 11 is 3.44. The number of fused-ring (bicyclic) bond motifs is 1. The lowest BCUT2D eigenvalue weighted by atomic mass is 10.0. The number of hydrogen-bond donors (Lipinski definition) is 2. The van der Waals surface area contributed by atoms with Gasteiger partial charge >= 0.3 is 12.2 Å². The smallest absolute Gasteiger partial charge is 0.405 e. The van der Waals surface area contributed by atoms with Crippen LogP contribution < -0.4 is 21.2 Å². The quantitative estimate of drug-likeness (QED) is 0.393. The number of halogens is 1. The number of oxazole rings is 1. The van der Waals surface area contributed by atoms with Gasteiger partial charge in [0.1, 0.15) is 11.3 Å². The van der Waals surface area contributed by atoms with Crippen molar-refractivity contribution >= 4 is 56.6 Å². The van der Waals surface area contributed by atoms with Crippen LogP contribution in [-0.4, -0.2) is 21.2 Å². The van der Waals surface area contributed by atoms with Crippen molar-refractivity contribution in [1.82, 2.24) is 14.7 Å². The van der Waals surface area contributed by atoms with Gasteiger partial charge in [-0.2, -0.15) is 4.98 Å². The molecule has 0 unspecified atom stereocenters. The van der Waals surface area contributed by atoms with Crippen LogP contribution >= 0.6 is 15.9 Å². The van der Waals surface area contributed by atoms with E-state index in [0.29, 0.717) is 27.4 Å². The highest BCUT2D eigenvalue weighted by molar-refractivity contribution is 9.10. The Kier molecular flexibility index (Phi) is 5.47. The maximum absolute atomic E-state index is 11.8. The average molecular weight is 484 g/mol. The molecule has 0 saturated carbocycles. The van der Waals surface area contributed by atoms with E-state index in [-0.39, 0.29) is 12.1 Å². The van der Waals surface area contributed by atoms with Crippen molar-refractivity contribution in [3.63, 3.8) is 0 Å². The highest BCUT2D eigenvalue weighted by Crippen LogP contribution is 2.28. The predicted octanol–water partition coefficient (Wildman–Crippen LogP) is 4.14. The van der Waals surface area contributed by atoms with Crippen LogP contribution in [0.3, 0.4) is 0 Å². The van der Waals surface area contributed by atoms with E-state index in [1.807, 2.05) is 12.1 Å². The van der Waals surface area contributed by atoms with Crippen LogP contribution in [0, 0.1) is 20.8 Å². The number of aryl methyl sites for hydroxylation is 2. The van der Waals surface area contributed by atoms with Crippen LogP contribution in [0.2, 0.25) is 0 Å². The molecule has 0 amide bonds. The molecule has 0 aliphatic carbocycles. The average Bonchev–Trinajstić information content (AvgIpc) is 3.04. The monoisotopic (exact) mass is 483 g/mol. The molecule has 0 bridgehead atoms.